The molecular formula is C35H65BN4O8. The number of amides is 3. The summed E-state index contributed by atoms with van der Waals surface area (Å²) < 4.78 is 11.9. The summed E-state index contributed by atoms with van der Waals surface area (Å²) in [6.07, 6.45) is 2.42. The van der Waals surface area contributed by atoms with Crippen molar-refractivity contribution in [3.63, 3.8) is 0 Å². The smallest absolute Gasteiger partial charge is 0.426 e. The van der Waals surface area contributed by atoms with Gasteiger partial charge in [-0.2, -0.15) is 0 Å². The molecule has 0 aromatic carbocycles. The predicted molar refractivity (Wildman–Crippen MR) is 187 cm³/mol. The van der Waals surface area contributed by atoms with Gasteiger partial charge < -0.3 is 39.5 Å². The van der Waals surface area contributed by atoms with Crippen molar-refractivity contribution in [2.24, 2.45) is 29.6 Å². The Labute approximate surface area is 289 Å². The van der Waals surface area contributed by atoms with Crippen molar-refractivity contribution in [1.29, 1.82) is 0 Å². The maximum absolute atomic E-state index is 14.1. The lowest BCUT2D eigenvalue weighted by Gasteiger charge is -2.41. The molecule has 3 amide bonds. The molecule has 2 aliphatic heterocycles. The lowest BCUT2D eigenvalue weighted by molar-refractivity contribution is -0.150. The molecule has 0 unspecified atom stereocenters. The number of ether oxygens (including phenoxy) is 2. The summed E-state index contributed by atoms with van der Waals surface area (Å²) in [5.41, 5.74) is 0. The molecule has 9 atom stereocenters. The number of nitrogens with zero attached hydrogens (tertiary/aromatic N) is 3. The Balaban J connectivity index is 2.28. The molecule has 0 saturated carbocycles. The molecule has 13 heteroatoms. The summed E-state index contributed by atoms with van der Waals surface area (Å²) in [4.78, 5) is 60.1. The third kappa shape index (κ3) is 10.0. The van der Waals surface area contributed by atoms with Crippen LogP contribution in [-0.4, -0.2) is 133 Å². The van der Waals surface area contributed by atoms with E-state index in [1.165, 1.54) is 4.90 Å². The molecule has 12 nitrogen and oxygen atoms in total. The highest BCUT2D eigenvalue weighted by Crippen LogP contribution is 2.32. The molecule has 0 aromatic rings. The van der Waals surface area contributed by atoms with E-state index >= 15 is 0 Å². The molecular weight excluding hydrogens is 615 g/mol. The van der Waals surface area contributed by atoms with Crippen LogP contribution in [0.25, 0.3) is 0 Å². The van der Waals surface area contributed by atoms with Crippen molar-refractivity contribution in [2.45, 2.75) is 130 Å². The molecule has 2 heterocycles. The van der Waals surface area contributed by atoms with E-state index in [4.69, 9.17) is 9.47 Å². The first-order chi connectivity index (χ1) is 22.6. The number of carbonyl (C=O) groups is 4. The summed E-state index contributed by atoms with van der Waals surface area (Å²) in [6, 6.07) is -1.08. The van der Waals surface area contributed by atoms with Crippen LogP contribution < -0.4 is 5.32 Å². The SMILES string of the molecule is CC[C@H](C)[C@@H]([C@@H](CC(=O)N1CCC[C@H]1[C@H](OC)[C@@H](C)C(=O)N1CCC[C@H]1B(O)O)OC)N(C)C(=O)[C@@H](CC(=O)[C@@H](NC)C(C)C)C(C)C. The summed E-state index contributed by atoms with van der Waals surface area (Å²) in [5.74, 6) is -2.17. The third-order valence-electron chi connectivity index (χ3n) is 11.0. The highest BCUT2D eigenvalue weighted by atomic mass is 16.5. The minimum atomic E-state index is -1.61. The monoisotopic (exact) mass is 680 g/mol. The Hall–Kier alpha value is -2.06. The van der Waals surface area contributed by atoms with Crippen molar-refractivity contribution in [3.8, 4) is 0 Å². The van der Waals surface area contributed by atoms with Crippen LogP contribution in [0.15, 0.2) is 0 Å². The standard InChI is InChI=1S/C35H65BN4O8/c1-12-23(6)32(38(9)35(44)25(21(2)3)19-27(41)31(37-8)22(4)5)28(47-10)20-30(42)39-17-13-15-26(39)33(48-11)24(7)34(43)40-18-14-16-29(40)36(45)46/h21-26,28-29,31-33,37,45-46H,12-20H2,1-11H3/t23-,24+,25-,26-,28+,29-,31-,32-,33+/m0/s1. The van der Waals surface area contributed by atoms with Gasteiger partial charge in [0.2, 0.25) is 17.7 Å². The van der Waals surface area contributed by atoms with Gasteiger partial charge in [-0.1, -0.05) is 54.9 Å². The van der Waals surface area contributed by atoms with E-state index in [1.54, 1.807) is 45.0 Å². The fraction of sp³-hybridized carbons (Fsp3) is 0.886. The normalized spacial score (nSPS) is 22.7. The van der Waals surface area contributed by atoms with Gasteiger partial charge >= 0.3 is 7.12 Å². The van der Waals surface area contributed by atoms with Crippen LogP contribution in [-0.2, 0) is 28.7 Å². The second kappa shape index (κ2) is 19.4. The third-order valence-corrected chi connectivity index (χ3v) is 11.0. The maximum atomic E-state index is 14.1. The first-order valence-electron chi connectivity index (χ1n) is 18.1. The molecule has 2 rings (SSSR count). The van der Waals surface area contributed by atoms with Gasteiger partial charge in [0.05, 0.1) is 48.6 Å². The van der Waals surface area contributed by atoms with Gasteiger partial charge in [0, 0.05) is 46.7 Å². The predicted octanol–water partition coefficient (Wildman–Crippen LogP) is 2.39. The molecule has 2 saturated heterocycles. The van der Waals surface area contributed by atoms with E-state index in [9.17, 15) is 29.2 Å². The summed E-state index contributed by atoms with van der Waals surface area (Å²) in [7, 11) is 5.03. The Morgan fingerprint density at radius 1 is 0.917 bits per heavy atom. The van der Waals surface area contributed by atoms with Gasteiger partial charge in [-0.25, -0.2) is 0 Å². The molecule has 48 heavy (non-hydrogen) atoms. The van der Waals surface area contributed by atoms with Gasteiger partial charge in [0.25, 0.3) is 0 Å². The lowest BCUT2D eigenvalue weighted by Crippen LogP contribution is -2.55. The Morgan fingerprint density at radius 3 is 2.02 bits per heavy atom. The van der Waals surface area contributed by atoms with Gasteiger partial charge in [-0.3, -0.25) is 19.2 Å². The van der Waals surface area contributed by atoms with E-state index in [-0.39, 0.29) is 66.2 Å². The van der Waals surface area contributed by atoms with Crippen LogP contribution in [0.3, 0.4) is 0 Å². The quantitative estimate of drug-likeness (QED) is 0.175. The molecule has 3 N–H and O–H groups in total. The van der Waals surface area contributed by atoms with E-state index in [0.717, 1.165) is 12.8 Å². The maximum Gasteiger partial charge on any atom is 0.475 e. The van der Waals surface area contributed by atoms with Crippen molar-refractivity contribution in [2.75, 3.05) is 41.4 Å². The van der Waals surface area contributed by atoms with Gasteiger partial charge in [0.1, 0.15) is 0 Å². The number of carbonyl (C=O) groups excluding carboxylic acids is 4. The van der Waals surface area contributed by atoms with Crippen LogP contribution in [0.2, 0.25) is 0 Å². The number of Topliss-reactive ketones (excluding diaryl/α,β-unsaturated/α-hetero) is 1. The number of ketones is 1. The Kier molecular flexibility index (Phi) is 17.0. The molecule has 276 valence electrons. The molecule has 2 fully saturated rings. The zero-order valence-corrected chi connectivity index (χ0v) is 31.5. The largest absolute Gasteiger partial charge is 0.475 e. The minimum Gasteiger partial charge on any atom is -0.426 e. The molecule has 0 radical (unpaired) electrons. The van der Waals surface area contributed by atoms with Crippen molar-refractivity contribution >= 4 is 30.6 Å². The highest BCUT2D eigenvalue weighted by molar-refractivity contribution is 6.43. The topological polar surface area (TPSA) is 149 Å². The molecule has 0 bridgehead atoms. The van der Waals surface area contributed by atoms with E-state index in [2.05, 4.69) is 12.2 Å². The number of likely N-dealkylation sites (tertiary alicyclic amines) is 2. The lowest BCUT2D eigenvalue weighted by atomic mass is 9.77. The number of nitrogens with one attached hydrogen (secondary N) is 1. The zero-order valence-electron chi connectivity index (χ0n) is 31.5. The summed E-state index contributed by atoms with van der Waals surface area (Å²) >= 11 is 0. The molecule has 2 aliphatic rings. The average Bonchev–Trinajstić information content (AvgIpc) is 3.73. The van der Waals surface area contributed by atoms with Crippen molar-refractivity contribution in [3.05, 3.63) is 0 Å². The van der Waals surface area contributed by atoms with E-state index < -0.39 is 43.1 Å². The fourth-order valence-corrected chi connectivity index (χ4v) is 8.01. The van der Waals surface area contributed by atoms with Crippen LogP contribution in [0.5, 0.6) is 0 Å². The number of methoxy groups -OCH3 is 2. The number of hydrogen-bond donors (Lipinski definition) is 3. The summed E-state index contributed by atoms with van der Waals surface area (Å²) in [5, 5.41) is 22.8. The fourth-order valence-electron chi connectivity index (χ4n) is 8.01. The average molecular weight is 681 g/mol. The Bertz CT molecular complexity index is 1060. The van der Waals surface area contributed by atoms with Gasteiger partial charge in [0.15, 0.2) is 5.78 Å². The van der Waals surface area contributed by atoms with Gasteiger partial charge in [-0.05, 0) is 50.5 Å². The number of rotatable bonds is 19. The van der Waals surface area contributed by atoms with Crippen LogP contribution in [0.4, 0.5) is 0 Å². The second-order valence-electron chi connectivity index (χ2n) is 14.8. The summed E-state index contributed by atoms with van der Waals surface area (Å²) in [6.45, 7) is 14.8. The molecule has 0 spiro atoms. The molecule has 0 aromatic heterocycles. The second-order valence-corrected chi connectivity index (χ2v) is 14.8. The number of likely N-dealkylation sites (N-methyl/N-ethyl adjacent to an activating group) is 2. The van der Waals surface area contributed by atoms with Crippen molar-refractivity contribution < 1.29 is 38.7 Å². The molecule has 0 aliphatic carbocycles. The van der Waals surface area contributed by atoms with Crippen LogP contribution >= 0.6 is 0 Å². The highest BCUT2D eigenvalue weighted by Gasteiger charge is 2.45. The van der Waals surface area contributed by atoms with Crippen LogP contribution in [0.1, 0.15) is 93.4 Å². The first kappa shape index (κ1) is 42.1. The first-order valence-corrected chi connectivity index (χ1v) is 18.1. The van der Waals surface area contributed by atoms with E-state index in [0.29, 0.717) is 32.4 Å². The van der Waals surface area contributed by atoms with Crippen molar-refractivity contribution in [1.82, 2.24) is 20.0 Å². The van der Waals surface area contributed by atoms with E-state index in [1.807, 2.05) is 34.6 Å². The Morgan fingerprint density at radius 2 is 1.52 bits per heavy atom. The number of hydrogen-bond acceptors (Lipinski definition) is 9. The van der Waals surface area contributed by atoms with Gasteiger partial charge in [-0.15, -0.1) is 0 Å². The minimum absolute atomic E-state index is 0.00922. The van der Waals surface area contributed by atoms with Crippen LogP contribution in [0, 0.1) is 29.6 Å². The zero-order chi connectivity index (χ0) is 36.5.